The Kier molecular flexibility index (Phi) is 5.14. The molecule has 0 unspecified atom stereocenters. The monoisotopic (exact) mass is 383 g/mol. The molecule has 0 spiro atoms. The van der Waals surface area contributed by atoms with E-state index in [9.17, 15) is 9.90 Å². The molecule has 27 heavy (non-hydrogen) atoms. The van der Waals surface area contributed by atoms with Crippen molar-refractivity contribution in [2.24, 2.45) is 5.92 Å². The predicted molar refractivity (Wildman–Crippen MR) is 110 cm³/mol. The Labute approximate surface area is 162 Å². The fourth-order valence-electron chi connectivity index (χ4n) is 2.70. The van der Waals surface area contributed by atoms with Crippen molar-refractivity contribution in [3.05, 3.63) is 41.5 Å². The van der Waals surface area contributed by atoms with Gasteiger partial charge in [0, 0.05) is 11.6 Å². The van der Waals surface area contributed by atoms with Crippen LogP contribution in [0.3, 0.4) is 0 Å². The summed E-state index contributed by atoms with van der Waals surface area (Å²) >= 11 is 5.16. The summed E-state index contributed by atoms with van der Waals surface area (Å²) < 4.78 is 5.88. The number of thiocarbonyl (C=S) groups is 1. The van der Waals surface area contributed by atoms with Crippen molar-refractivity contribution in [2.75, 3.05) is 5.32 Å². The van der Waals surface area contributed by atoms with Gasteiger partial charge in [-0.2, -0.15) is 0 Å². The van der Waals surface area contributed by atoms with Gasteiger partial charge in [0.05, 0.1) is 5.56 Å². The van der Waals surface area contributed by atoms with Crippen LogP contribution in [0.4, 0.5) is 5.69 Å². The van der Waals surface area contributed by atoms with E-state index in [0.717, 1.165) is 16.6 Å². The van der Waals surface area contributed by atoms with Crippen LogP contribution in [0.25, 0.3) is 22.6 Å². The number of carbonyl (C=O) groups excluding carboxylic acids is 1. The lowest BCUT2D eigenvalue weighted by molar-refractivity contribution is -0.122. The van der Waals surface area contributed by atoms with Crippen LogP contribution in [0.1, 0.15) is 25.0 Å². The van der Waals surface area contributed by atoms with Gasteiger partial charge in [-0.1, -0.05) is 19.9 Å². The number of phenolic OH excluding ortho intramolecular Hbond substituents is 1. The number of aromatic hydroxyl groups is 1. The van der Waals surface area contributed by atoms with Gasteiger partial charge in [-0.15, -0.1) is 0 Å². The normalized spacial score (nSPS) is 11.0. The van der Waals surface area contributed by atoms with Gasteiger partial charge < -0.3 is 20.2 Å². The molecule has 7 heteroatoms. The Balaban J connectivity index is 1.91. The number of benzene rings is 2. The van der Waals surface area contributed by atoms with Gasteiger partial charge in [-0.3, -0.25) is 4.79 Å². The van der Waals surface area contributed by atoms with Crippen LogP contribution in [-0.2, 0) is 4.79 Å². The summed E-state index contributed by atoms with van der Waals surface area (Å²) in [7, 11) is 0. The molecule has 3 aromatic rings. The Hall–Kier alpha value is -2.93. The number of rotatable bonds is 3. The highest BCUT2D eigenvalue weighted by molar-refractivity contribution is 7.80. The van der Waals surface area contributed by atoms with Gasteiger partial charge in [-0.05, 0) is 61.5 Å². The average Bonchev–Trinajstić information content (AvgIpc) is 3.00. The van der Waals surface area contributed by atoms with E-state index in [4.69, 9.17) is 16.6 Å². The van der Waals surface area contributed by atoms with Crippen LogP contribution in [-0.4, -0.2) is 21.1 Å². The average molecular weight is 383 g/mol. The third-order valence-corrected chi connectivity index (χ3v) is 4.27. The minimum Gasteiger partial charge on any atom is -0.507 e. The minimum atomic E-state index is -0.174. The van der Waals surface area contributed by atoms with E-state index >= 15 is 0 Å². The molecule has 0 bridgehead atoms. The van der Waals surface area contributed by atoms with E-state index in [1.165, 1.54) is 6.07 Å². The van der Waals surface area contributed by atoms with E-state index in [2.05, 4.69) is 15.6 Å². The van der Waals surface area contributed by atoms with E-state index in [1.807, 2.05) is 26.0 Å². The fourth-order valence-corrected chi connectivity index (χ4v) is 2.91. The zero-order chi connectivity index (χ0) is 19.7. The van der Waals surface area contributed by atoms with Crippen molar-refractivity contribution in [1.29, 1.82) is 0 Å². The maximum absolute atomic E-state index is 11.7. The molecule has 0 aliphatic carbocycles. The molecular formula is C20H21N3O3S. The number of nitrogens with zero attached hydrogens (tertiary/aromatic N) is 1. The fraction of sp³-hybridized carbons (Fsp3) is 0.250. The van der Waals surface area contributed by atoms with Crippen LogP contribution < -0.4 is 10.6 Å². The van der Waals surface area contributed by atoms with Gasteiger partial charge in [0.15, 0.2) is 10.7 Å². The second-order valence-corrected chi connectivity index (χ2v) is 7.19. The molecule has 140 valence electrons. The molecule has 0 saturated heterocycles. The predicted octanol–water partition coefficient (Wildman–Crippen LogP) is 4.29. The third-order valence-electron chi connectivity index (χ3n) is 4.07. The molecule has 1 amide bonds. The van der Waals surface area contributed by atoms with Gasteiger partial charge in [-0.25, -0.2) is 4.98 Å². The molecule has 3 N–H and O–H groups in total. The summed E-state index contributed by atoms with van der Waals surface area (Å²) in [6.45, 7) is 7.52. The Morgan fingerprint density at radius 1 is 1.22 bits per heavy atom. The first-order valence-electron chi connectivity index (χ1n) is 8.57. The number of carbonyl (C=O) groups is 1. The summed E-state index contributed by atoms with van der Waals surface area (Å²) in [5.74, 6) is 0.0125. The summed E-state index contributed by atoms with van der Waals surface area (Å²) in [5, 5.41) is 16.0. The Morgan fingerprint density at radius 2 is 1.96 bits per heavy atom. The molecule has 0 fully saturated rings. The number of amides is 1. The number of nitrogens with one attached hydrogen (secondary N) is 2. The SMILES string of the molecule is Cc1cc(C)c2oc(-c3cc(NC(=S)NC(=O)C(C)C)ccc3O)nc2c1. The molecule has 1 heterocycles. The van der Waals surface area contributed by atoms with Gasteiger partial charge in [0.2, 0.25) is 11.8 Å². The summed E-state index contributed by atoms with van der Waals surface area (Å²) in [6, 6.07) is 8.81. The largest absolute Gasteiger partial charge is 0.507 e. The smallest absolute Gasteiger partial charge is 0.231 e. The van der Waals surface area contributed by atoms with Crippen molar-refractivity contribution in [3.8, 4) is 17.2 Å². The summed E-state index contributed by atoms with van der Waals surface area (Å²) in [6.07, 6.45) is 0. The highest BCUT2D eigenvalue weighted by Gasteiger charge is 2.15. The number of aromatic nitrogens is 1. The maximum atomic E-state index is 11.7. The Morgan fingerprint density at radius 3 is 2.67 bits per heavy atom. The maximum Gasteiger partial charge on any atom is 0.231 e. The van der Waals surface area contributed by atoms with Crippen molar-refractivity contribution in [3.63, 3.8) is 0 Å². The zero-order valence-corrected chi connectivity index (χ0v) is 16.4. The minimum absolute atomic E-state index is 0.0404. The van der Waals surface area contributed by atoms with Crippen LogP contribution in [0.15, 0.2) is 34.7 Å². The lowest BCUT2D eigenvalue weighted by Gasteiger charge is -2.12. The molecule has 1 aromatic heterocycles. The quantitative estimate of drug-likeness (QED) is 0.462. The number of hydrogen-bond acceptors (Lipinski definition) is 5. The van der Waals surface area contributed by atoms with E-state index < -0.39 is 0 Å². The second-order valence-electron chi connectivity index (χ2n) is 6.78. The van der Waals surface area contributed by atoms with Crippen molar-refractivity contribution < 1.29 is 14.3 Å². The lowest BCUT2D eigenvalue weighted by atomic mass is 10.1. The number of fused-ring (bicyclic) bond motifs is 1. The first-order chi connectivity index (χ1) is 12.7. The highest BCUT2D eigenvalue weighted by atomic mass is 32.1. The van der Waals surface area contributed by atoms with E-state index in [-0.39, 0.29) is 22.7 Å². The van der Waals surface area contributed by atoms with Crippen molar-refractivity contribution >= 4 is 40.0 Å². The van der Waals surface area contributed by atoms with Gasteiger partial charge in [0.25, 0.3) is 0 Å². The van der Waals surface area contributed by atoms with E-state index in [0.29, 0.717) is 22.7 Å². The first-order valence-corrected chi connectivity index (χ1v) is 8.98. The molecule has 2 aromatic carbocycles. The Bertz CT molecular complexity index is 1040. The summed E-state index contributed by atoms with van der Waals surface area (Å²) in [5.41, 5.74) is 4.53. The van der Waals surface area contributed by atoms with Crippen LogP contribution in [0.5, 0.6) is 5.75 Å². The molecule has 0 radical (unpaired) electrons. The molecule has 0 aliphatic rings. The van der Waals surface area contributed by atoms with Crippen molar-refractivity contribution in [2.45, 2.75) is 27.7 Å². The highest BCUT2D eigenvalue weighted by Crippen LogP contribution is 2.34. The molecule has 0 aliphatic heterocycles. The number of hydrogen-bond donors (Lipinski definition) is 3. The first kappa shape index (κ1) is 18.8. The third kappa shape index (κ3) is 4.09. The second kappa shape index (κ2) is 7.36. The number of phenols is 1. The standard InChI is InChI=1S/C20H21N3O3S/c1-10(2)18(25)23-20(27)21-13-5-6-16(24)14(9-13)19-22-15-8-11(3)7-12(4)17(15)26-19/h5-10,24H,1-4H3,(H2,21,23,25,27). The topological polar surface area (TPSA) is 87.4 Å². The van der Waals surface area contributed by atoms with Crippen molar-refractivity contribution in [1.82, 2.24) is 10.3 Å². The van der Waals surface area contributed by atoms with Crippen LogP contribution in [0.2, 0.25) is 0 Å². The van der Waals surface area contributed by atoms with E-state index in [1.54, 1.807) is 26.0 Å². The molecular weight excluding hydrogens is 362 g/mol. The molecule has 0 saturated carbocycles. The number of anilines is 1. The van der Waals surface area contributed by atoms with Gasteiger partial charge in [0.1, 0.15) is 11.3 Å². The van der Waals surface area contributed by atoms with Crippen LogP contribution >= 0.6 is 12.2 Å². The lowest BCUT2D eigenvalue weighted by Crippen LogP contribution is -2.36. The molecule has 0 atom stereocenters. The summed E-state index contributed by atoms with van der Waals surface area (Å²) in [4.78, 5) is 16.2. The zero-order valence-electron chi connectivity index (χ0n) is 15.6. The number of oxazole rings is 1. The van der Waals surface area contributed by atoms with Gasteiger partial charge >= 0.3 is 0 Å². The van der Waals surface area contributed by atoms with Crippen LogP contribution in [0, 0.1) is 19.8 Å². The number of aryl methyl sites for hydroxylation is 2. The molecule has 3 rings (SSSR count). The molecule has 6 nitrogen and oxygen atoms in total.